The van der Waals surface area contributed by atoms with Crippen molar-refractivity contribution in [2.75, 3.05) is 25.9 Å². The van der Waals surface area contributed by atoms with Crippen LogP contribution in [0.4, 0.5) is 5.69 Å². The highest BCUT2D eigenvalue weighted by Crippen LogP contribution is 2.25. The minimum absolute atomic E-state index is 0.0407. The fourth-order valence-corrected chi connectivity index (χ4v) is 2.49. The van der Waals surface area contributed by atoms with Crippen molar-refractivity contribution in [2.24, 2.45) is 0 Å². The maximum Gasteiger partial charge on any atom is 0.253 e. The highest BCUT2D eigenvalue weighted by Gasteiger charge is 2.27. The Morgan fingerprint density at radius 1 is 1.40 bits per heavy atom. The second kappa shape index (κ2) is 5.71. The first kappa shape index (κ1) is 14.7. The molecule has 5 heteroatoms. The standard InChI is InChI=1S/C15H22N2O3/c1-15(19)6-3-8-17(9-7-15)14(18)11-4-5-12(16)13(10-11)20-2/h4-5,10,19H,3,6-9,16H2,1-2H3. The first-order valence-corrected chi connectivity index (χ1v) is 6.88. The zero-order valence-corrected chi connectivity index (χ0v) is 12.1. The van der Waals surface area contributed by atoms with Gasteiger partial charge < -0.3 is 20.5 Å². The van der Waals surface area contributed by atoms with Crippen molar-refractivity contribution in [3.8, 4) is 5.75 Å². The highest BCUT2D eigenvalue weighted by atomic mass is 16.5. The van der Waals surface area contributed by atoms with Crippen LogP contribution in [0.3, 0.4) is 0 Å². The van der Waals surface area contributed by atoms with Crippen LogP contribution in [0.1, 0.15) is 36.5 Å². The number of hydrogen-bond acceptors (Lipinski definition) is 4. The molecule has 1 aromatic rings. The van der Waals surface area contributed by atoms with Crippen molar-refractivity contribution in [2.45, 2.75) is 31.8 Å². The number of carbonyl (C=O) groups excluding carboxylic acids is 1. The van der Waals surface area contributed by atoms with Crippen LogP contribution in [0.15, 0.2) is 18.2 Å². The average molecular weight is 278 g/mol. The molecule has 2 rings (SSSR count). The fraction of sp³-hybridized carbons (Fsp3) is 0.533. The lowest BCUT2D eigenvalue weighted by molar-refractivity contribution is 0.0438. The monoisotopic (exact) mass is 278 g/mol. The van der Waals surface area contributed by atoms with Crippen molar-refractivity contribution >= 4 is 11.6 Å². The van der Waals surface area contributed by atoms with Gasteiger partial charge in [-0.15, -0.1) is 0 Å². The third-order valence-corrected chi connectivity index (χ3v) is 3.83. The van der Waals surface area contributed by atoms with Gasteiger partial charge in [-0.05, 0) is 44.4 Å². The molecule has 0 bridgehead atoms. The van der Waals surface area contributed by atoms with Gasteiger partial charge in [-0.1, -0.05) is 0 Å². The number of nitrogens with two attached hydrogens (primary N) is 1. The molecule has 1 aliphatic rings. The molecule has 0 radical (unpaired) electrons. The van der Waals surface area contributed by atoms with E-state index in [0.717, 1.165) is 12.8 Å². The largest absolute Gasteiger partial charge is 0.495 e. The molecule has 1 unspecified atom stereocenters. The highest BCUT2D eigenvalue weighted by molar-refractivity contribution is 5.95. The van der Waals surface area contributed by atoms with Crippen LogP contribution in [0, 0.1) is 0 Å². The van der Waals surface area contributed by atoms with Crippen LogP contribution in [0.25, 0.3) is 0 Å². The second-order valence-electron chi connectivity index (χ2n) is 5.60. The second-order valence-corrected chi connectivity index (χ2v) is 5.60. The van der Waals surface area contributed by atoms with Gasteiger partial charge in [0.05, 0.1) is 18.4 Å². The molecular formula is C15H22N2O3. The van der Waals surface area contributed by atoms with E-state index in [0.29, 0.717) is 36.5 Å². The molecule has 110 valence electrons. The molecule has 1 aromatic carbocycles. The third kappa shape index (κ3) is 3.22. The molecule has 20 heavy (non-hydrogen) atoms. The number of amides is 1. The number of benzene rings is 1. The van der Waals surface area contributed by atoms with E-state index in [9.17, 15) is 9.90 Å². The summed E-state index contributed by atoms with van der Waals surface area (Å²) in [7, 11) is 1.53. The molecule has 1 fully saturated rings. The van der Waals surface area contributed by atoms with Crippen LogP contribution >= 0.6 is 0 Å². The van der Waals surface area contributed by atoms with Gasteiger partial charge in [0.25, 0.3) is 5.91 Å². The van der Waals surface area contributed by atoms with E-state index in [1.807, 2.05) is 6.92 Å². The molecule has 3 N–H and O–H groups in total. The smallest absolute Gasteiger partial charge is 0.253 e. The molecule has 0 aliphatic carbocycles. The van der Waals surface area contributed by atoms with Crippen LogP contribution in [-0.4, -0.2) is 41.7 Å². The summed E-state index contributed by atoms with van der Waals surface area (Å²) >= 11 is 0. The molecule has 1 amide bonds. The molecule has 5 nitrogen and oxygen atoms in total. The fourth-order valence-electron chi connectivity index (χ4n) is 2.49. The van der Waals surface area contributed by atoms with Gasteiger partial charge in [0, 0.05) is 18.7 Å². The third-order valence-electron chi connectivity index (χ3n) is 3.83. The zero-order valence-electron chi connectivity index (χ0n) is 12.1. The Morgan fingerprint density at radius 2 is 2.15 bits per heavy atom. The SMILES string of the molecule is COc1cc(C(=O)N2CCCC(C)(O)CC2)ccc1N. The van der Waals surface area contributed by atoms with Crippen LogP contribution in [0.5, 0.6) is 5.75 Å². The number of nitrogens with zero attached hydrogens (tertiary/aromatic N) is 1. The Morgan fingerprint density at radius 3 is 2.85 bits per heavy atom. The number of anilines is 1. The van der Waals surface area contributed by atoms with E-state index in [-0.39, 0.29) is 5.91 Å². The number of likely N-dealkylation sites (tertiary alicyclic amines) is 1. The van der Waals surface area contributed by atoms with Gasteiger partial charge >= 0.3 is 0 Å². The lowest BCUT2D eigenvalue weighted by Crippen LogP contribution is -2.33. The maximum atomic E-state index is 12.5. The van der Waals surface area contributed by atoms with Crippen LogP contribution < -0.4 is 10.5 Å². The molecule has 0 saturated carbocycles. The number of hydrogen-bond donors (Lipinski definition) is 2. The summed E-state index contributed by atoms with van der Waals surface area (Å²) in [6.07, 6.45) is 2.14. The topological polar surface area (TPSA) is 75.8 Å². The predicted molar refractivity (Wildman–Crippen MR) is 77.8 cm³/mol. The van der Waals surface area contributed by atoms with Gasteiger partial charge in [-0.25, -0.2) is 0 Å². The number of rotatable bonds is 2. The molecule has 0 spiro atoms. The molecule has 1 saturated heterocycles. The number of aliphatic hydroxyl groups is 1. The minimum atomic E-state index is -0.673. The van der Waals surface area contributed by atoms with Crippen molar-refractivity contribution in [3.63, 3.8) is 0 Å². The Labute approximate surface area is 119 Å². The summed E-state index contributed by atoms with van der Waals surface area (Å²) in [5.41, 5.74) is 6.17. The van der Waals surface area contributed by atoms with Crippen LogP contribution in [-0.2, 0) is 0 Å². The summed E-state index contributed by atoms with van der Waals surface area (Å²) in [5, 5.41) is 10.1. The lowest BCUT2D eigenvalue weighted by Gasteiger charge is -2.23. The molecule has 1 aliphatic heterocycles. The van der Waals surface area contributed by atoms with E-state index in [1.165, 1.54) is 7.11 Å². The average Bonchev–Trinajstić information content (AvgIpc) is 2.59. The Hall–Kier alpha value is -1.75. The lowest BCUT2D eigenvalue weighted by atomic mass is 9.98. The summed E-state index contributed by atoms with van der Waals surface area (Å²) < 4.78 is 5.15. The van der Waals surface area contributed by atoms with E-state index < -0.39 is 5.60 Å². The number of ether oxygens (including phenoxy) is 1. The minimum Gasteiger partial charge on any atom is -0.495 e. The first-order chi connectivity index (χ1) is 9.43. The van der Waals surface area contributed by atoms with Crippen molar-refractivity contribution in [1.29, 1.82) is 0 Å². The number of methoxy groups -OCH3 is 1. The first-order valence-electron chi connectivity index (χ1n) is 6.88. The number of nitrogen functional groups attached to an aromatic ring is 1. The molecule has 1 atom stereocenters. The van der Waals surface area contributed by atoms with Gasteiger partial charge in [0.2, 0.25) is 0 Å². The summed E-state index contributed by atoms with van der Waals surface area (Å²) in [6, 6.07) is 5.06. The molecular weight excluding hydrogens is 256 g/mol. The normalized spacial score (nSPS) is 23.2. The Balaban J connectivity index is 2.15. The Bertz CT molecular complexity index is 500. The van der Waals surface area contributed by atoms with Crippen molar-refractivity contribution in [3.05, 3.63) is 23.8 Å². The maximum absolute atomic E-state index is 12.5. The quantitative estimate of drug-likeness (QED) is 0.807. The van der Waals surface area contributed by atoms with E-state index in [1.54, 1.807) is 23.1 Å². The summed E-state index contributed by atoms with van der Waals surface area (Å²) in [6.45, 7) is 3.06. The number of carbonyl (C=O) groups is 1. The van der Waals surface area contributed by atoms with Gasteiger partial charge in [0.15, 0.2) is 0 Å². The summed E-state index contributed by atoms with van der Waals surface area (Å²) in [5.74, 6) is 0.471. The predicted octanol–water partition coefficient (Wildman–Crippen LogP) is 1.65. The van der Waals surface area contributed by atoms with E-state index >= 15 is 0 Å². The van der Waals surface area contributed by atoms with Gasteiger partial charge in [-0.2, -0.15) is 0 Å². The zero-order chi connectivity index (χ0) is 14.8. The van der Waals surface area contributed by atoms with Crippen molar-refractivity contribution < 1.29 is 14.6 Å². The summed E-state index contributed by atoms with van der Waals surface area (Å²) in [4.78, 5) is 14.3. The van der Waals surface area contributed by atoms with E-state index in [2.05, 4.69) is 0 Å². The Kier molecular flexibility index (Phi) is 4.18. The van der Waals surface area contributed by atoms with Gasteiger partial charge in [-0.3, -0.25) is 4.79 Å². The van der Waals surface area contributed by atoms with Gasteiger partial charge in [0.1, 0.15) is 5.75 Å². The molecule has 1 heterocycles. The van der Waals surface area contributed by atoms with E-state index in [4.69, 9.17) is 10.5 Å². The van der Waals surface area contributed by atoms with Crippen molar-refractivity contribution in [1.82, 2.24) is 4.90 Å². The molecule has 0 aromatic heterocycles. The van der Waals surface area contributed by atoms with Crippen LogP contribution in [0.2, 0.25) is 0 Å².